The molecule has 18 heavy (non-hydrogen) atoms. The fourth-order valence-electron chi connectivity index (χ4n) is 1.84. The monoisotopic (exact) mass is 258 g/mol. The lowest BCUT2D eigenvalue weighted by atomic mass is 10.2. The quantitative estimate of drug-likeness (QED) is 0.755. The normalized spacial score (nSPS) is 10.9. The molecule has 2 N–H and O–H groups in total. The summed E-state index contributed by atoms with van der Waals surface area (Å²) in [6.45, 7) is 2.95. The second-order valence-electron chi connectivity index (χ2n) is 4.10. The molecule has 0 saturated heterocycles. The van der Waals surface area contributed by atoms with Crippen molar-refractivity contribution >= 4 is 27.9 Å². The molecule has 0 bridgehead atoms. The zero-order valence-electron chi connectivity index (χ0n) is 10.1. The summed E-state index contributed by atoms with van der Waals surface area (Å²) in [5, 5.41) is 12.7. The number of aryl methyl sites for hydroxylation is 1. The zero-order chi connectivity index (χ0) is 12.4. The summed E-state index contributed by atoms with van der Waals surface area (Å²) in [5.74, 6) is 0. The third-order valence-corrected chi connectivity index (χ3v) is 3.95. The number of hydrogen-bond donors (Lipinski definition) is 2. The van der Waals surface area contributed by atoms with E-state index in [0.717, 1.165) is 29.6 Å². The number of H-pyrrole nitrogens is 1. The molecule has 0 saturated carbocycles. The van der Waals surface area contributed by atoms with Crippen LogP contribution in [0, 0.1) is 0 Å². The van der Waals surface area contributed by atoms with Crippen LogP contribution in [0.3, 0.4) is 0 Å². The summed E-state index contributed by atoms with van der Waals surface area (Å²) < 4.78 is 0. The molecule has 92 valence electrons. The average Bonchev–Trinajstić information content (AvgIpc) is 3.04. The van der Waals surface area contributed by atoms with Crippen LogP contribution in [0.2, 0.25) is 0 Å². The Labute approximate surface area is 109 Å². The van der Waals surface area contributed by atoms with Crippen molar-refractivity contribution in [1.82, 2.24) is 15.2 Å². The predicted octanol–water partition coefficient (Wildman–Crippen LogP) is 3.19. The maximum atomic E-state index is 4.35. The van der Waals surface area contributed by atoms with Crippen molar-refractivity contribution < 1.29 is 0 Å². The number of fused-ring (bicyclic) bond motifs is 1. The highest BCUT2D eigenvalue weighted by atomic mass is 32.1. The van der Waals surface area contributed by atoms with Gasteiger partial charge in [0, 0.05) is 22.1 Å². The van der Waals surface area contributed by atoms with E-state index >= 15 is 0 Å². The summed E-state index contributed by atoms with van der Waals surface area (Å²) in [6, 6.07) is 6.19. The van der Waals surface area contributed by atoms with Crippen LogP contribution in [0.1, 0.15) is 16.8 Å². The Morgan fingerprint density at radius 2 is 2.28 bits per heavy atom. The number of nitrogens with zero attached hydrogens (tertiary/aromatic N) is 2. The van der Waals surface area contributed by atoms with E-state index in [1.54, 1.807) is 11.3 Å². The molecule has 4 nitrogen and oxygen atoms in total. The van der Waals surface area contributed by atoms with Crippen molar-refractivity contribution in [3.8, 4) is 0 Å². The van der Waals surface area contributed by atoms with E-state index in [1.807, 2.05) is 18.5 Å². The van der Waals surface area contributed by atoms with Crippen molar-refractivity contribution in [3.63, 3.8) is 0 Å². The number of aromatic amines is 1. The molecule has 5 heteroatoms. The first kappa shape index (κ1) is 11.2. The van der Waals surface area contributed by atoms with E-state index < -0.39 is 0 Å². The van der Waals surface area contributed by atoms with Gasteiger partial charge in [-0.3, -0.25) is 5.10 Å². The maximum absolute atomic E-state index is 4.35. The van der Waals surface area contributed by atoms with Crippen LogP contribution in [0.25, 0.3) is 10.9 Å². The summed E-state index contributed by atoms with van der Waals surface area (Å²) in [5.41, 5.74) is 2.17. The molecule has 3 rings (SSSR count). The Kier molecular flexibility index (Phi) is 2.98. The molecule has 0 aliphatic rings. The van der Waals surface area contributed by atoms with Gasteiger partial charge in [-0.25, -0.2) is 4.98 Å². The molecule has 0 fully saturated rings. The van der Waals surface area contributed by atoms with E-state index in [0.29, 0.717) is 0 Å². The van der Waals surface area contributed by atoms with Crippen molar-refractivity contribution in [3.05, 3.63) is 40.5 Å². The van der Waals surface area contributed by atoms with E-state index in [4.69, 9.17) is 0 Å². The molecule has 0 aliphatic carbocycles. The minimum Gasteiger partial charge on any atom is -0.380 e. The second-order valence-corrected chi connectivity index (χ2v) is 5.30. The highest BCUT2D eigenvalue weighted by Gasteiger charge is 2.01. The first-order valence-corrected chi connectivity index (χ1v) is 6.77. The third kappa shape index (κ3) is 2.22. The molecular weight excluding hydrogens is 244 g/mol. The van der Waals surface area contributed by atoms with E-state index in [9.17, 15) is 0 Å². The van der Waals surface area contributed by atoms with Crippen LogP contribution in [0.15, 0.2) is 30.6 Å². The van der Waals surface area contributed by atoms with E-state index in [1.165, 1.54) is 9.88 Å². The summed E-state index contributed by atoms with van der Waals surface area (Å²) in [6.07, 6.45) is 4.79. The SMILES string of the molecule is CCc1ncc(CNc2ccc3[nH]ncc3c2)s1. The van der Waals surface area contributed by atoms with Gasteiger partial charge in [-0.15, -0.1) is 11.3 Å². The van der Waals surface area contributed by atoms with E-state index in [2.05, 4.69) is 39.6 Å². The number of rotatable bonds is 4. The smallest absolute Gasteiger partial charge is 0.0925 e. The van der Waals surface area contributed by atoms with Gasteiger partial charge in [-0.05, 0) is 24.6 Å². The molecule has 0 amide bonds. The number of benzene rings is 1. The van der Waals surface area contributed by atoms with Crippen molar-refractivity contribution in [2.24, 2.45) is 0 Å². The zero-order valence-corrected chi connectivity index (χ0v) is 10.9. The Balaban J connectivity index is 1.72. The minimum absolute atomic E-state index is 0.820. The number of nitrogens with one attached hydrogen (secondary N) is 2. The summed E-state index contributed by atoms with van der Waals surface area (Å²) in [7, 11) is 0. The van der Waals surface area contributed by atoms with Crippen LogP contribution in [-0.4, -0.2) is 15.2 Å². The highest BCUT2D eigenvalue weighted by molar-refractivity contribution is 7.11. The van der Waals surface area contributed by atoms with Gasteiger partial charge < -0.3 is 5.32 Å². The van der Waals surface area contributed by atoms with Gasteiger partial charge in [0.05, 0.1) is 23.3 Å². The third-order valence-electron chi connectivity index (χ3n) is 2.81. The van der Waals surface area contributed by atoms with Gasteiger partial charge in [0.1, 0.15) is 0 Å². The largest absolute Gasteiger partial charge is 0.380 e. The molecule has 1 aromatic carbocycles. The Morgan fingerprint density at radius 3 is 3.11 bits per heavy atom. The summed E-state index contributed by atoms with van der Waals surface area (Å²) in [4.78, 5) is 5.62. The van der Waals surface area contributed by atoms with Crippen LogP contribution in [0.4, 0.5) is 5.69 Å². The Bertz CT molecular complexity index is 656. The molecule has 2 aromatic heterocycles. The fourth-order valence-corrected chi connectivity index (χ4v) is 2.64. The van der Waals surface area contributed by atoms with E-state index in [-0.39, 0.29) is 0 Å². The lowest BCUT2D eigenvalue weighted by Gasteiger charge is -2.04. The van der Waals surface area contributed by atoms with Crippen molar-refractivity contribution in [2.45, 2.75) is 19.9 Å². The maximum Gasteiger partial charge on any atom is 0.0925 e. The van der Waals surface area contributed by atoms with Gasteiger partial charge in [0.2, 0.25) is 0 Å². The van der Waals surface area contributed by atoms with Gasteiger partial charge >= 0.3 is 0 Å². The Hall–Kier alpha value is -1.88. The van der Waals surface area contributed by atoms with Crippen LogP contribution < -0.4 is 5.32 Å². The highest BCUT2D eigenvalue weighted by Crippen LogP contribution is 2.19. The molecule has 0 aliphatic heterocycles. The first-order valence-electron chi connectivity index (χ1n) is 5.96. The number of thiazole rings is 1. The first-order chi connectivity index (χ1) is 8.85. The topological polar surface area (TPSA) is 53.6 Å². The average molecular weight is 258 g/mol. The van der Waals surface area contributed by atoms with Gasteiger partial charge in [0.15, 0.2) is 0 Å². The number of aromatic nitrogens is 3. The predicted molar refractivity (Wildman–Crippen MR) is 74.9 cm³/mol. The fraction of sp³-hybridized carbons (Fsp3) is 0.231. The van der Waals surface area contributed by atoms with Crippen LogP contribution >= 0.6 is 11.3 Å². The molecule has 0 spiro atoms. The number of hydrogen-bond acceptors (Lipinski definition) is 4. The lowest BCUT2D eigenvalue weighted by Crippen LogP contribution is -1.96. The van der Waals surface area contributed by atoms with Crippen molar-refractivity contribution in [2.75, 3.05) is 5.32 Å². The molecule has 0 radical (unpaired) electrons. The molecule has 3 aromatic rings. The van der Waals surface area contributed by atoms with Crippen LogP contribution in [0.5, 0.6) is 0 Å². The van der Waals surface area contributed by atoms with Crippen molar-refractivity contribution in [1.29, 1.82) is 0 Å². The van der Waals surface area contributed by atoms with Gasteiger partial charge in [-0.2, -0.15) is 5.10 Å². The minimum atomic E-state index is 0.820. The molecule has 0 unspecified atom stereocenters. The second kappa shape index (κ2) is 4.78. The van der Waals surface area contributed by atoms with Gasteiger partial charge in [-0.1, -0.05) is 6.92 Å². The number of anilines is 1. The standard InChI is InChI=1S/C13H14N4S/c1-2-13-15-8-11(18-13)7-14-10-3-4-12-9(5-10)6-16-17-12/h3-6,8,14H,2,7H2,1H3,(H,16,17). The summed E-state index contributed by atoms with van der Waals surface area (Å²) >= 11 is 1.77. The van der Waals surface area contributed by atoms with Gasteiger partial charge in [0.25, 0.3) is 0 Å². The Morgan fingerprint density at radius 1 is 1.33 bits per heavy atom. The lowest BCUT2D eigenvalue weighted by molar-refractivity contribution is 1.09. The molecule has 0 atom stereocenters. The van der Waals surface area contributed by atoms with Crippen LogP contribution in [-0.2, 0) is 13.0 Å². The molecule has 2 heterocycles. The molecular formula is C13H14N4S.